The van der Waals surface area contributed by atoms with Gasteiger partial charge in [0, 0.05) is 31.7 Å². The molecule has 1 aliphatic rings. The smallest absolute Gasteiger partial charge is 0.260 e. The predicted molar refractivity (Wildman–Crippen MR) is 128 cm³/mol. The first-order valence-corrected chi connectivity index (χ1v) is 11.5. The van der Waals surface area contributed by atoms with Crippen LogP contribution in [0, 0.1) is 13.8 Å². The summed E-state index contributed by atoms with van der Waals surface area (Å²) in [7, 11) is 3.26. The molecule has 0 bridgehead atoms. The summed E-state index contributed by atoms with van der Waals surface area (Å²) in [5.74, 6) is 1.33. The molecule has 1 aliphatic heterocycles. The Labute approximate surface area is 192 Å². The molecule has 2 heterocycles. The Hall–Kier alpha value is -2.68. The molecule has 170 valence electrons. The van der Waals surface area contributed by atoms with Crippen LogP contribution < -0.4 is 14.4 Å². The number of aryl methyl sites for hydroxylation is 2. The quantitative estimate of drug-likeness (QED) is 0.538. The van der Waals surface area contributed by atoms with Gasteiger partial charge in [0.15, 0.2) is 5.13 Å². The average Bonchev–Trinajstić information content (AvgIpc) is 3.23. The van der Waals surface area contributed by atoms with E-state index in [1.807, 2.05) is 38.1 Å². The first kappa shape index (κ1) is 22.5. The molecular formula is C24H29N3O4S. The number of rotatable bonds is 7. The number of morpholine rings is 1. The number of anilines is 1. The largest absolute Gasteiger partial charge is 0.495 e. The normalized spacial score (nSPS) is 14.5. The highest BCUT2D eigenvalue weighted by atomic mass is 32.1. The molecule has 0 saturated carbocycles. The Balaban J connectivity index is 1.73. The Morgan fingerprint density at radius 3 is 2.41 bits per heavy atom. The summed E-state index contributed by atoms with van der Waals surface area (Å²) in [4.78, 5) is 22.6. The minimum atomic E-state index is -0.0537. The Bertz CT molecular complexity index is 1050. The topological polar surface area (TPSA) is 64.1 Å². The third-order valence-corrected chi connectivity index (χ3v) is 6.68. The van der Waals surface area contributed by atoms with Crippen molar-refractivity contribution < 1.29 is 19.0 Å². The van der Waals surface area contributed by atoms with Gasteiger partial charge >= 0.3 is 0 Å². The van der Waals surface area contributed by atoms with Crippen molar-refractivity contribution in [2.45, 2.75) is 13.8 Å². The maximum absolute atomic E-state index is 13.7. The molecule has 0 spiro atoms. The number of thiazole rings is 1. The zero-order chi connectivity index (χ0) is 22.7. The molecular weight excluding hydrogens is 426 g/mol. The van der Waals surface area contributed by atoms with Gasteiger partial charge in [-0.3, -0.25) is 14.6 Å². The van der Waals surface area contributed by atoms with Crippen LogP contribution >= 0.6 is 11.3 Å². The van der Waals surface area contributed by atoms with Gasteiger partial charge in [0.05, 0.1) is 27.4 Å². The van der Waals surface area contributed by atoms with E-state index in [-0.39, 0.29) is 5.91 Å². The maximum atomic E-state index is 13.7. The zero-order valence-corrected chi connectivity index (χ0v) is 19.8. The van der Waals surface area contributed by atoms with Crippen LogP contribution in [0.2, 0.25) is 0 Å². The third kappa shape index (κ3) is 4.72. The molecule has 1 fully saturated rings. The van der Waals surface area contributed by atoms with E-state index >= 15 is 0 Å². The summed E-state index contributed by atoms with van der Waals surface area (Å²) in [6.07, 6.45) is 0. The molecule has 1 aromatic heterocycles. The fourth-order valence-electron chi connectivity index (χ4n) is 3.99. The number of nitrogens with zero attached hydrogens (tertiary/aromatic N) is 3. The number of hydrogen-bond donors (Lipinski definition) is 0. The highest BCUT2D eigenvalue weighted by Gasteiger charge is 2.25. The number of benzene rings is 2. The third-order valence-electron chi connectivity index (χ3n) is 5.59. The lowest BCUT2D eigenvalue weighted by Crippen LogP contribution is -2.43. The van der Waals surface area contributed by atoms with Gasteiger partial charge in [0.2, 0.25) is 0 Å². The Kier molecular flexibility index (Phi) is 6.93. The summed E-state index contributed by atoms with van der Waals surface area (Å²) in [5, 5.41) is 0.639. The second-order valence-electron chi connectivity index (χ2n) is 7.93. The fraction of sp³-hybridized carbons (Fsp3) is 0.417. The fourth-order valence-corrected chi connectivity index (χ4v) is 5.09. The highest BCUT2D eigenvalue weighted by molar-refractivity contribution is 7.22. The van der Waals surface area contributed by atoms with E-state index in [4.69, 9.17) is 19.2 Å². The molecule has 32 heavy (non-hydrogen) atoms. The van der Waals surface area contributed by atoms with Crippen molar-refractivity contribution >= 4 is 32.6 Å². The second kappa shape index (κ2) is 9.85. The number of carbonyl (C=O) groups excluding carboxylic acids is 1. The van der Waals surface area contributed by atoms with Crippen molar-refractivity contribution in [3.05, 3.63) is 47.0 Å². The van der Waals surface area contributed by atoms with Crippen molar-refractivity contribution in [1.29, 1.82) is 0 Å². The minimum absolute atomic E-state index is 0.0537. The van der Waals surface area contributed by atoms with E-state index in [1.54, 1.807) is 19.1 Å². The molecule has 0 radical (unpaired) electrons. The summed E-state index contributed by atoms with van der Waals surface area (Å²) in [6, 6.07) is 9.65. The zero-order valence-electron chi connectivity index (χ0n) is 19.0. The number of carbonyl (C=O) groups is 1. The number of aromatic nitrogens is 1. The highest BCUT2D eigenvalue weighted by Crippen LogP contribution is 2.40. The molecule has 2 aromatic carbocycles. The van der Waals surface area contributed by atoms with Crippen molar-refractivity contribution in [3.63, 3.8) is 0 Å². The SMILES string of the molecule is COc1ccc(OC)c2sc(N(CCN3CCOCC3)C(=O)c3cc(C)cc(C)c3)nc12. The number of fused-ring (bicyclic) bond motifs is 1. The van der Waals surface area contributed by atoms with Crippen LogP contribution in [0.4, 0.5) is 5.13 Å². The first-order chi connectivity index (χ1) is 15.5. The standard InChI is InChI=1S/C24H29N3O4S/c1-16-13-17(2)15-18(14-16)23(28)27(8-7-26-9-11-31-12-10-26)24-25-21-19(29-3)5-6-20(30-4)22(21)32-24/h5-6,13-15H,7-12H2,1-4H3. The lowest BCUT2D eigenvalue weighted by Gasteiger charge is -2.29. The molecule has 7 nitrogen and oxygen atoms in total. The summed E-state index contributed by atoms with van der Waals surface area (Å²) in [5.41, 5.74) is 3.50. The van der Waals surface area contributed by atoms with Crippen LogP contribution in [-0.4, -0.2) is 69.4 Å². The van der Waals surface area contributed by atoms with Gasteiger partial charge in [-0.05, 0) is 38.1 Å². The molecule has 3 aromatic rings. The van der Waals surface area contributed by atoms with Gasteiger partial charge in [-0.15, -0.1) is 0 Å². The molecule has 8 heteroatoms. The van der Waals surface area contributed by atoms with Crippen molar-refractivity contribution in [2.75, 3.05) is 58.5 Å². The molecule has 0 N–H and O–H groups in total. The Morgan fingerprint density at radius 1 is 1.09 bits per heavy atom. The molecule has 1 amide bonds. The van der Waals surface area contributed by atoms with E-state index in [9.17, 15) is 4.79 Å². The van der Waals surface area contributed by atoms with Gasteiger partial charge in [-0.1, -0.05) is 28.5 Å². The maximum Gasteiger partial charge on any atom is 0.260 e. The summed E-state index contributed by atoms with van der Waals surface area (Å²) >= 11 is 1.45. The van der Waals surface area contributed by atoms with E-state index in [0.29, 0.717) is 28.5 Å². The van der Waals surface area contributed by atoms with Gasteiger partial charge in [0.1, 0.15) is 21.7 Å². The van der Waals surface area contributed by atoms with Gasteiger partial charge < -0.3 is 14.2 Å². The number of hydrogen-bond acceptors (Lipinski definition) is 7. The monoisotopic (exact) mass is 455 g/mol. The lowest BCUT2D eigenvalue weighted by atomic mass is 10.1. The van der Waals surface area contributed by atoms with Gasteiger partial charge in [-0.2, -0.15) is 0 Å². The number of methoxy groups -OCH3 is 2. The number of amides is 1. The number of ether oxygens (including phenoxy) is 3. The van der Waals surface area contributed by atoms with E-state index in [2.05, 4.69) is 11.0 Å². The molecule has 0 unspecified atom stereocenters. The van der Waals surface area contributed by atoms with E-state index in [0.717, 1.165) is 54.4 Å². The van der Waals surface area contributed by atoms with Crippen LogP contribution in [0.15, 0.2) is 30.3 Å². The van der Waals surface area contributed by atoms with Crippen molar-refractivity contribution in [2.24, 2.45) is 0 Å². The van der Waals surface area contributed by atoms with Gasteiger partial charge in [-0.25, -0.2) is 4.98 Å². The Morgan fingerprint density at radius 2 is 1.75 bits per heavy atom. The molecule has 0 atom stereocenters. The first-order valence-electron chi connectivity index (χ1n) is 10.7. The summed E-state index contributed by atoms with van der Waals surface area (Å²) in [6.45, 7) is 8.49. The van der Waals surface area contributed by atoms with Crippen LogP contribution in [0.3, 0.4) is 0 Å². The van der Waals surface area contributed by atoms with Gasteiger partial charge in [0.25, 0.3) is 5.91 Å². The second-order valence-corrected chi connectivity index (χ2v) is 8.91. The van der Waals surface area contributed by atoms with Crippen LogP contribution in [-0.2, 0) is 4.74 Å². The van der Waals surface area contributed by atoms with Crippen LogP contribution in [0.25, 0.3) is 10.2 Å². The predicted octanol–water partition coefficient (Wildman–Crippen LogP) is 3.91. The summed E-state index contributed by atoms with van der Waals surface area (Å²) < 4.78 is 17.4. The molecule has 4 rings (SSSR count). The van der Waals surface area contributed by atoms with Crippen molar-refractivity contribution in [3.8, 4) is 11.5 Å². The molecule has 0 aliphatic carbocycles. The molecule has 1 saturated heterocycles. The van der Waals surface area contributed by atoms with E-state index in [1.165, 1.54) is 11.3 Å². The van der Waals surface area contributed by atoms with E-state index < -0.39 is 0 Å². The van der Waals surface area contributed by atoms with Crippen molar-refractivity contribution in [1.82, 2.24) is 9.88 Å². The minimum Gasteiger partial charge on any atom is -0.495 e. The lowest BCUT2D eigenvalue weighted by molar-refractivity contribution is 0.0391. The van der Waals surface area contributed by atoms with Crippen LogP contribution in [0.5, 0.6) is 11.5 Å². The van der Waals surface area contributed by atoms with Crippen LogP contribution in [0.1, 0.15) is 21.5 Å². The average molecular weight is 456 g/mol.